The van der Waals surface area contributed by atoms with Crippen molar-refractivity contribution in [1.29, 1.82) is 0 Å². The minimum Gasteiger partial charge on any atom is -0.324 e. The van der Waals surface area contributed by atoms with Gasteiger partial charge in [-0.2, -0.15) is 13.2 Å². The van der Waals surface area contributed by atoms with Gasteiger partial charge in [-0.05, 0) is 43.5 Å². The predicted octanol–water partition coefficient (Wildman–Crippen LogP) is 2.78. The van der Waals surface area contributed by atoms with Gasteiger partial charge < -0.3 is 15.5 Å². The summed E-state index contributed by atoms with van der Waals surface area (Å²) in [5.74, 6) is 0.976. The quantitative estimate of drug-likeness (QED) is 0.837. The van der Waals surface area contributed by atoms with Crippen LogP contribution in [0, 0.1) is 11.8 Å². The highest BCUT2D eigenvalue weighted by atomic mass is 19.4. The fourth-order valence-electron chi connectivity index (χ4n) is 3.25. The summed E-state index contributed by atoms with van der Waals surface area (Å²) in [7, 11) is 0. The Labute approximate surface area is 126 Å². The Hall–Kier alpha value is -1.76. The van der Waals surface area contributed by atoms with Gasteiger partial charge in [-0.25, -0.2) is 4.79 Å². The summed E-state index contributed by atoms with van der Waals surface area (Å²) in [5.41, 5.74) is -1.01. The van der Waals surface area contributed by atoms with Gasteiger partial charge in [0.05, 0.1) is 11.3 Å². The Morgan fingerprint density at radius 2 is 1.95 bits per heavy atom. The van der Waals surface area contributed by atoms with E-state index in [1.807, 2.05) is 0 Å². The summed E-state index contributed by atoms with van der Waals surface area (Å²) in [5, 5.41) is 5.71. The molecule has 4 nitrogen and oxygen atoms in total. The van der Waals surface area contributed by atoms with E-state index in [2.05, 4.69) is 10.6 Å². The number of nitrogens with one attached hydrogen (secondary N) is 2. The number of halogens is 3. The second-order valence-electron chi connectivity index (χ2n) is 5.89. The third kappa shape index (κ3) is 3.04. The van der Waals surface area contributed by atoms with Crippen LogP contribution in [0.2, 0.25) is 0 Å². The van der Waals surface area contributed by atoms with Gasteiger partial charge in [-0.3, -0.25) is 0 Å². The van der Waals surface area contributed by atoms with Gasteiger partial charge in [0, 0.05) is 13.1 Å². The van der Waals surface area contributed by atoms with Gasteiger partial charge in [0.1, 0.15) is 0 Å². The molecule has 0 radical (unpaired) electrons. The van der Waals surface area contributed by atoms with E-state index in [0.717, 1.165) is 25.6 Å². The molecule has 22 heavy (non-hydrogen) atoms. The van der Waals surface area contributed by atoms with Crippen LogP contribution < -0.4 is 10.6 Å². The van der Waals surface area contributed by atoms with Gasteiger partial charge in [0.2, 0.25) is 0 Å². The molecular formula is C15H18F3N3O. The van der Waals surface area contributed by atoms with Crippen LogP contribution in [0.25, 0.3) is 0 Å². The van der Waals surface area contributed by atoms with E-state index in [-0.39, 0.29) is 5.69 Å². The lowest BCUT2D eigenvalue weighted by atomic mass is 9.89. The van der Waals surface area contributed by atoms with Crippen LogP contribution in [-0.4, -0.2) is 37.1 Å². The van der Waals surface area contributed by atoms with E-state index in [4.69, 9.17) is 0 Å². The Morgan fingerprint density at radius 1 is 1.23 bits per heavy atom. The topological polar surface area (TPSA) is 44.4 Å². The third-order valence-electron chi connectivity index (χ3n) is 4.47. The van der Waals surface area contributed by atoms with Crippen molar-refractivity contribution in [1.82, 2.24) is 10.2 Å². The van der Waals surface area contributed by atoms with Crippen molar-refractivity contribution in [3.05, 3.63) is 29.8 Å². The normalized spacial score (nSPS) is 25.0. The van der Waals surface area contributed by atoms with Crippen molar-refractivity contribution in [3.63, 3.8) is 0 Å². The van der Waals surface area contributed by atoms with Crippen LogP contribution in [0.3, 0.4) is 0 Å². The number of anilines is 1. The molecule has 1 aromatic rings. The Bertz CT molecular complexity index is 561. The molecule has 0 bridgehead atoms. The molecule has 2 atom stereocenters. The van der Waals surface area contributed by atoms with Gasteiger partial charge >= 0.3 is 12.2 Å². The SMILES string of the molecule is O=C(Nc1ccccc1C(F)(F)F)N1CCC2CNCC2C1. The average molecular weight is 313 g/mol. The number of benzene rings is 1. The Morgan fingerprint density at radius 3 is 2.73 bits per heavy atom. The molecule has 2 aliphatic rings. The van der Waals surface area contributed by atoms with Gasteiger partial charge in [-0.1, -0.05) is 12.1 Å². The highest BCUT2D eigenvalue weighted by molar-refractivity contribution is 5.90. The molecule has 0 aromatic heterocycles. The lowest BCUT2D eigenvalue weighted by Gasteiger charge is -2.34. The molecule has 1 aromatic carbocycles. The molecule has 2 fully saturated rings. The molecule has 3 rings (SSSR count). The van der Waals surface area contributed by atoms with Gasteiger partial charge in [-0.15, -0.1) is 0 Å². The van der Waals surface area contributed by atoms with Crippen LogP contribution in [0.15, 0.2) is 24.3 Å². The Kier molecular flexibility index (Phi) is 3.99. The molecule has 7 heteroatoms. The molecule has 2 heterocycles. The van der Waals surface area contributed by atoms with Crippen LogP contribution in [-0.2, 0) is 6.18 Å². The maximum absolute atomic E-state index is 12.9. The first-order valence-corrected chi connectivity index (χ1v) is 7.38. The summed E-state index contributed by atoms with van der Waals surface area (Å²) in [6.45, 7) is 3.02. The van der Waals surface area contributed by atoms with Crippen molar-refractivity contribution in [2.45, 2.75) is 12.6 Å². The predicted molar refractivity (Wildman–Crippen MR) is 76.5 cm³/mol. The van der Waals surface area contributed by atoms with Crippen LogP contribution in [0.5, 0.6) is 0 Å². The Balaban J connectivity index is 1.70. The number of urea groups is 1. The molecule has 0 saturated carbocycles. The van der Waals surface area contributed by atoms with Crippen molar-refractivity contribution in [2.24, 2.45) is 11.8 Å². The molecule has 0 spiro atoms. The number of amides is 2. The monoisotopic (exact) mass is 313 g/mol. The van der Waals surface area contributed by atoms with E-state index in [1.165, 1.54) is 18.2 Å². The molecule has 2 aliphatic heterocycles. The smallest absolute Gasteiger partial charge is 0.324 e. The van der Waals surface area contributed by atoms with Crippen LogP contribution in [0.4, 0.5) is 23.7 Å². The van der Waals surface area contributed by atoms with Crippen molar-refractivity contribution in [3.8, 4) is 0 Å². The number of piperidine rings is 1. The van der Waals surface area contributed by atoms with Crippen LogP contribution in [0.1, 0.15) is 12.0 Å². The van der Waals surface area contributed by atoms with E-state index in [0.29, 0.717) is 24.9 Å². The molecule has 2 amide bonds. The maximum Gasteiger partial charge on any atom is 0.418 e. The summed E-state index contributed by atoms with van der Waals surface area (Å²) >= 11 is 0. The fraction of sp³-hybridized carbons (Fsp3) is 0.533. The van der Waals surface area contributed by atoms with E-state index < -0.39 is 17.8 Å². The average Bonchev–Trinajstić information content (AvgIpc) is 2.94. The number of likely N-dealkylation sites (tertiary alicyclic amines) is 1. The van der Waals surface area contributed by atoms with Gasteiger partial charge in [0.25, 0.3) is 0 Å². The fourth-order valence-corrected chi connectivity index (χ4v) is 3.25. The lowest BCUT2D eigenvalue weighted by molar-refractivity contribution is -0.136. The molecule has 0 aliphatic carbocycles. The van der Waals surface area contributed by atoms with E-state index in [9.17, 15) is 18.0 Å². The number of fused-ring (bicyclic) bond motifs is 1. The first-order chi connectivity index (χ1) is 10.4. The second kappa shape index (κ2) is 5.79. The minimum atomic E-state index is -4.48. The number of rotatable bonds is 1. The second-order valence-corrected chi connectivity index (χ2v) is 5.89. The first kappa shape index (κ1) is 15.1. The highest BCUT2D eigenvalue weighted by Crippen LogP contribution is 2.35. The lowest BCUT2D eigenvalue weighted by Crippen LogP contribution is -2.45. The van der Waals surface area contributed by atoms with Crippen molar-refractivity contribution < 1.29 is 18.0 Å². The van der Waals surface area contributed by atoms with Crippen molar-refractivity contribution in [2.75, 3.05) is 31.5 Å². The number of hydrogen-bond acceptors (Lipinski definition) is 2. The summed E-state index contributed by atoms with van der Waals surface area (Å²) in [4.78, 5) is 13.9. The summed E-state index contributed by atoms with van der Waals surface area (Å²) in [6, 6.07) is 4.60. The van der Waals surface area contributed by atoms with Crippen molar-refractivity contribution >= 4 is 11.7 Å². The third-order valence-corrected chi connectivity index (χ3v) is 4.47. The van der Waals surface area contributed by atoms with Crippen LogP contribution >= 0.6 is 0 Å². The minimum absolute atomic E-state index is 0.188. The summed E-state index contributed by atoms with van der Waals surface area (Å²) < 4.78 is 38.8. The zero-order chi connectivity index (χ0) is 15.7. The first-order valence-electron chi connectivity index (χ1n) is 7.38. The van der Waals surface area contributed by atoms with Gasteiger partial charge in [0.15, 0.2) is 0 Å². The number of carbonyl (C=O) groups is 1. The standard InChI is InChI=1S/C15H18F3N3O/c16-15(17,18)12-3-1-2-4-13(12)20-14(22)21-6-5-10-7-19-8-11(10)9-21/h1-4,10-11,19H,5-9H2,(H,20,22). The van der Waals surface area contributed by atoms with E-state index >= 15 is 0 Å². The highest BCUT2D eigenvalue weighted by Gasteiger charge is 2.36. The number of nitrogens with zero attached hydrogens (tertiary/aromatic N) is 1. The number of alkyl halides is 3. The number of hydrogen-bond donors (Lipinski definition) is 2. The largest absolute Gasteiger partial charge is 0.418 e. The molecule has 2 saturated heterocycles. The zero-order valence-electron chi connectivity index (χ0n) is 12.0. The van der Waals surface area contributed by atoms with E-state index in [1.54, 1.807) is 4.90 Å². The number of carbonyl (C=O) groups excluding carboxylic acids is 1. The maximum atomic E-state index is 12.9. The molecular weight excluding hydrogens is 295 g/mol. The molecule has 120 valence electrons. The summed E-state index contributed by atoms with van der Waals surface area (Å²) in [6.07, 6.45) is -3.59. The number of para-hydroxylation sites is 1. The molecule has 2 N–H and O–H groups in total. The molecule has 2 unspecified atom stereocenters. The zero-order valence-corrected chi connectivity index (χ0v) is 12.0.